The molecule has 5 aliphatic rings. The molecule has 9 aromatic rings. The van der Waals surface area contributed by atoms with Crippen molar-refractivity contribution in [3.05, 3.63) is 274 Å². The van der Waals surface area contributed by atoms with Gasteiger partial charge in [0.05, 0.1) is 17.2 Å². The number of hydrogen-bond donors (Lipinski definition) is 1. The van der Waals surface area contributed by atoms with Crippen molar-refractivity contribution in [2.24, 2.45) is 10.9 Å². The second-order valence-corrected chi connectivity index (χ2v) is 19.2. The molecule has 0 fully saturated rings. The normalized spacial score (nSPS) is 20.4. The van der Waals surface area contributed by atoms with Gasteiger partial charge in [0.25, 0.3) is 0 Å². The van der Waals surface area contributed by atoms with E-state index in [4.69, 9.17) is 4.99 Å². The Hall–Kier alpha value is -7.81. The van der Waals surface area contributed by atoms with E-state index in [2.05, 4.69) is 230 Å². The smallest absolute Gasteiger partial charge is 0.134 e. The zero-order valence-corrected chi connectivity index (χ0v) is 37.2. The van der Waals surface area contributed by atoms with Gasteiger partial charge in [-0.2, -0.15) is 0 Å². The van der Waals surface area contributed by atoms with Crippen LogP contribution in [0.3, 0.4) is 0 Å². The van der Waals surface area contributed by atoms with Crippen molar-refractivity contribution in [1.82, 2.24) is 5.32 Å². The molecule has 1 spiro atoms. The lowest BCUT2D eigenvalue weighted by Crippen LogP contribution is -2.33. The summed E-state index contributed by atoms with van der Waals surface area (Å²) in [6, 6.07) is 72.4. The lowest BCUT2D eigenvalue weighted by Gasteiger charge is -2.37. The molecule has 1 heterocycles. The Balaban J connectivity index is 0.897. The molecule has 0 saturated carbocycles. The van der Waals surface area contributed by atoms with E-state index in [0.29, 0.717) is 11.8 Å². The van der Waals surface area contributed by atoms with Crippen molar-refractivity contribution in [2.45, 2.75) is 42.6 Å². The number of fused-ring (bicyclic) bond motifs is 16. The minimum atomic E-state index is -0.191. The van der Waals surface area contributed by atoms with E-state index in [1.807, 2.05) is 0 Å². The van der Waals surface area contributed by atoms with Crippen molar-refractivity contribution in [2.75, 3.05) is 0 Å². The van der Waals surface area contributed by atoms with Crippen molar-refractivity contribution < 1.29 is 0 Å². The molecule has 0 aromatic heterocycles. The Bertz CT molecular complexity index is 3560. The van der Waals surface area contributed by atoms with E-state index < -0.39 is 0 Å². The average Bonchev–Trinajstić information content (AvgIpc) is 3.88. The number of aliphatic imine (C=N–C) groups is 1. The summed E-state index contributed by atoms with van der Waals surface area (Å²) in [7, 11) is 0. The highest BCUT2D eigenvalue weighted by molar-refractivity contribution is 6.17. The molecule has 1 N–H and O–H groups in total. The summed E-state index contributed by atoms with van der Waals surface area (Å²) >= 11 is 0. The Kier molecular flexibility index (Phi) is 8.68. The molecule has 4 unspecified atom stereocenters. The summed E-state index contributed by atoms with van der Waals surface area (Å²) in [6.07, 6.45) is 15.6. The van der Waals surface area contributed by atoms with Gasteiger partial charge in [-0.3, -0.25) is 0 Å². The number of benzene rings is 9. The fraction of sp³-hybridized carbons (Fsp3) is 0.123. The van der Waals surface area contributed by atoms with Crippen LogP contribution in [0.25, 0.3) is 55.6 Å². The predicted octanol–water partition coefficient (Wildman–Crippen LogP) is 15.5. The Morgan fingerprint density at radius 3 is 2.01 bits per heavy atom. The summed E-state index contributed by atoms with van der Waals surface area (Å²) in [4.78, 5) is 5.28. The largest absolute Gasteiger partial charge is 0.359 e. The van der Waals surface area contributed by atoms with Crippen molar-refractivity contribution >= 4 is 39.2 Å². The molecule has 2 heteroatoms. The number of amidine groups is 1. The molecule has 0 amide bonds. The van der Waals surface area contributed by atoms with Gasteiger partial charge in [-0.05, 0) is 126 Å². The van der Waals surface area contributed by atoms with Gasteiger partial charge in [-0.25, -0.2) is 4.99 Å². The molecule has 4 atom stereocenters. The van der Waals surface area contributed by atoms with Gasteiger partial charge in [0.15, 0.2) is 0 Å². The number of rotatable bonds is 5. The molecule has 1 aliphatic heterocycles. The summed E-state index contributed by atoms with van der Waals surface area (Å²) in [6.45, 7) is 0. The first-order valence-electron chi connectivity index (χ1n) is 24.2. The van der Waals surface area contributed by atoms with E-state index in [0.717, 1.165) is 35.5 Å². The van der Waals surface area contributed by atoms with Crippen LogP contribution in [0.5, 0.6) is 0 Å². The highest BCUT2D eigenvalue weighted by atomic mass is 15.0. The van der Waals surface area contributed by atoms with Gasteiger partial charge in [-0.15, -0.1) is 0 Å². The molecule has 4 aliphatic carbocycles. The van der Waals surface area contributed by atoms with E-state index in [1.165, 1.54) is 89.2 Å². The first-order valence-corrected chi connectivity index (χ1v) is 24.2. The van der Waals surface area contributed by atoms with Crippen LogP contribution >= 0.6 is 0 Å². The number of hydrogen-bond acceptors (Lipinski definition) is 2. The first-order chi connectivity index (χ1) is 33.2. The van der Waals surface area contributed by atoms with Gasteiger partial charge in [0, 0.05) is 23.0 Å². The Labute approximate surface area is 392 Å². The van der Waals surface area contributed by atoms with E-state index in [-0.39, 0.29) is 17.4 Å². The second-order valence-electron chi connectivity index (χ2n) is 19.2. The van der Waals surface area contributed by atoms with Crippen molar-refractivity contribution in [3.8, 4) is 22.3 Å². The molecule has 0 bridgehead atoms. The van der Waals surface area contributed by atoms with Crippen LogP contribution in [0, 0.1) is 5.92 Å². The average molecular weight is 857 g/mol. The molecule has 67 heavy (non-hydrogen) atoms. The van der Waals surface area contributed by atoms with E-state index in [1.54, 1.807) is 5.56 Å². The van der Waals surface area contributed by atoms with Crippen LogP contribution < -0.4 is 5.32 Å². The third-order valence-corrected chi connectivity index (χ3v) is 15.9. The lowest BCUT2D eigenvalue weighted by atomic mass is 9.64. The van der Waals surface area contributed by atoms with Gasteiger partial charge >= 0.3 is 0 Å². The monoisotopic (exact) mass is 856 g/mol. The number of nitrogens with one attached hydrogen (secondary N) is 1. The SMILES string of the molecule is C1=CC2C(CC1)c1ccc(C3C=Cc4c(c5ccccc5c5cccc(-c6cccc(C7=CC(c8ccccc8)NC(c8ccccc8)=N7)c6)c45)C3)cc1C21c2ccccc2-c2ccccc21. The van der Waals surface area contributed by atoms with Gasteiger partial charge in [-0.1, -0.05) is 212 Å². The van der Waals surface area contributed by atoms with E-state index in [9.17, 15) is 0 Å². The van der Waals surface area contributed by atoms with Gasteiger partial charge < -0.3 is 5.32 Å². The zero-order chi connectivity index (χ0) is 44.1. The Morgan fingerprint density at radius 1 is 0.522 bits per heavy atom. The summed E-state index contributed by atoms with van der Waals surface area (Å²) in [5.41, 5.74) is 19.6. The summed E-state index contributed by atoms with van der Waals surface area (Å²) in [5, 5.41) is 9.01. The lowest BCUT2D eigenvalue weighted by molar-refractivity contribution is 0.399. The molecular weight excluding hydrogens is 809 g/mol. The standard InChI is InChI=1S/C65H48N2/c1-3-17-41(18-4-1)61-40-62(67-64(66-61)42-19-5-2-6-20-42)46-22-15-21-45(37-46)47-28-16-29-54-48-23-7-8-24-49(48)56-38-43(34-36-55(56)63(47)54)44-33-35-53-52-27-11-14-32-59(52)65(60(53)39-44)57-30-12-9-25-50(57)51-26-10-13-31-58(51)65/h1-10,12-26,28-37,39-40,43,52,59,61H,11,27,38H2,(H,66,67). The number of nitrogens with zero attached hydrogens (tertiary/aromatic N) is 1. The third-order valence-electron chi connectivity index (χ3n) is 15.9. The summed E-state index contributed by atoms with van der Waals surface area (Å²) < 4.78 is 0. The maximum atomic E-state index is 5.28. The molecule has 0 saturated heterocycles. The molecule has 0 radical (unpaired) electrons. The highest BCUT2D eigenvalue weighted by Gasteiger charge is 2.57. The molecule has 14 rings (SSSR count). The third kappa shape index (κ3) is 5.79. The van der Waals surface area contributed by atoms with E-state index >= 15 is 0 Å². The highest BCUT2D eigenvalue weighted by Crippen LogP contribution is 2.66. The topological polar surface area (TPSA) is 24.4 Å². The van der Waals surface area contributed by atoms with Crippen LogP contribution in [0.4, 0.5) is 0 Å². The van der Waals surface area contributed by atoms with Crippen LogP contribution in [-0.4, -0.2) is 5.84 Å². The van der Waals surface area contributed by atoms with Crippen LogP contribution in [0.1, 0.15) is 86.4 Å². The molecule has 9 aromatic carbocycles. The van der Waals surface area contributed by atoms with Crippen LogP contribution in [0.15, 0.2) is 223 Å². The second kappa shape index (κ2) is 15.1. The van der Waals surface area contributed by atoms with Crippen molar-refractivity contribution in [1.29, 1.82) is 0 Å². The number of allylic oxidation sites excluding steroid dienone is 3. The Morgan fingerprint density at radius 2 is 1.19 bits per heavy atom. The first kappa shape index (κ1) is 38.5. The maximum absolute atomic E-state index is 5.28. The zero-order valence-electron chi connectivity index (χ0n) is 37.2. The predicted molar refractivity (Wildman–Crippen MR) is 278 cm³/mol. The minimum Gasteiger partial charge on any atom is -0.359 e. The molecule has 2 nitrogen and oxygen atoms in total. The molecular formula is C65H48N2. The fourth-order valence-electron chi connectivity index (χ4n) is 13.0. The quantitative estimate of drug-likeness (QED) is 0.135. The maximum Gasteiger partial charge on any atom is 0.134 e. The van der Waals surface area contributed by atoms with Crippen molar-refractivity contribution in [3.63, 3.8) is 0 Å². The van der Waals surface area contributed by atoms with Gasteiger partial charge in [0.1, 0.15) is 5.84 Å². The summed E-state index contributed by atoms with van der Waals surface area (Å²) in [5.74, 6) is 2.05. The fourth-order valence-corrected chi connectivity index (χ4v) is 13.0. The van der Waals surface area contributed by atoms with Gasteiger partial charge in [0.2, 0.25) is 0 Å². The molecule has 318 valence electrons. The van der Waals surface area contributed by atoms with Crippen LogP contribution in [0.2, 0.25) is 0 Å². The minimum absolute atomic E-state index is 0.0106. The van der Waals surface area contributed by atoms with Crippen LogP contribution in [-0.2, 0) is 11.8 Å².